The number of allylic oxidation sites excluding steroid dienone is 3. The largest absolute Gasteiger partial charge is 0.289 e. The Labute approximate surface area is 92.3 Å². The number of hydrogen-bond acceptors (Lipinski definition) is 1. The second-order valence-corrected chi connectivity index (χ2v) is 6.00. The average molecular weight is 204 g/mol. The van der Waals surface area contributed by atoms with Crippen LogP contribution in [0.3, 0.4) is 0 Å². The molecular formula is C14H20O. The molecule has 1 atom stereocenters. The Kier molecular flexibility index (Phi) is 2.37. The minimum absolute atomic E-state index is 0.248. The zero-order chi connectivity index (χ0) is 11.2. The maximum Gasteiger partial charge on any atom is 0.184 e. The zero-order valence-electron chi connectivity index (χ0n) is 10.0. The van der Waals surface area contributed by atoms with Gasteiger partial charge in [-0.25, -0.2) is 0 Å². The van der Waals surface area contributed by atoms with Crippen molar-refractivity contribution in [2.24, 2.45) is 11.3 Å². The van der Waals surface area contributed by atoms with Crippen LogP contribution in [-0.4, -0.2) is 5.78 Å². The summed E-state index contributed by atoms with van der Waals surface area (Å²) in [6.07, 6.45) is 4.11. The molecule has 0 bridgehead atoms. The molecule has 2 aliphatic carbocycles. The van der Waals surface area contributed by atoms with Gasteiger partial charge in [-0.05, 0) is 48.2 Å². The van der Waals surface area contributed by atoms with E-state index in [1.165, 1.54) is 12.0 Å². The third kappa shape index (κ3) is 1.80. The normalized spacial score (nSPS) is 27.3. The van der Waals surface area contributed by atoms with E-state index in [-0.39, 0.29) is 5.78 Å². The van der Waals surface area contributed by atoms with Gasteiger partial charge in [0.1, 0.15) is 0 Å². The quantitative estimate of drug-likeness (QED) is 0.550. The van der Waals surface area contributed by atoms with Gasteiger partial charge in [0.05, 0.1) is 0 Å². The molecule has 0 saturated heterocycles. The standard InChI is InChI=1S/C14H20O/c1-9-7-10-8-11(14(2,3)4)5-6-12(10)13(9)15/h11H,1,5-8H2,2-4H3. The number of carbonyl (C=O) groups excluding carboxylic acids is 1. The summed E-state index contributed by atoms with van der Waals surface area (Å²) in [4.78, 5) is 11.7. The molecule has 2 rings (SSSR count). The van der Waals surface area contributed by atoms with Crippen molar-refractivity contribution >= 4 is 5.78 Å². The van der Waals surface area contributed by atoms with Crippen LogP contribution in [0.5, 0.6) is 0 Å². The predicted molar refractivity (Wildman–Crippen MR) is 62.6 cm³/mol. The Hall–Kier alpha value is -0.850. The fourth-order valence-corrected chi connectivity index (χ4v) is 2.76. The van der Waals surface area contributed by atoms with Crippen LogP contribution in [-0.2, 0) is 4.79 Å². The van der Waals surface area contributed by atoms with Crippen LogP contribution in [0.25, 0.3) is 0 Å². The van der Waals surface area contributed by atoms with Crippen molar-refractivity contribution in [3.8, 4) is 0 Å². The Balaban J connectivity index is 2.20. The highest BCUT2D eigenvalue weighted by molar-refractivity contribution is 6.11. The Morgan fingerprint density at radius 3 is 2.60 bits per heavy atom. The molecule has 2 aliphatic rings. The van der Waals surface area contributed by atoms with E-state index < -0.39 is 0 Å². The van der Waals surface area contributed by atoms with Crippen molar-refractivity contribution < 1.29 is 4.79 Å². The number of Topliss-reactive ketones (excluding diaryl/α,β-unsaturated/α-hetero) is 1. The van der Waals surface area contributed by atoms with Crippen molar-refractivity contribution in [3.05, 3.63) is 23.3 Å². The molecular weight excluding hydrogens is 184 g/mol. The molecule has 82 valence electrons. The second-order valence-electron chi connectivity index (χ2n) is 6.00. The van der Waals surface area contributed by atoms with E-state index in [9.17, 15) is 4.79 Å². The first-order chi connectivity index (χ1) is 6.89. The fraction of sp³-hybridized carbons (Fsp3) is 0.643. The van der Waals surface area contributed by atoms with Gasteiger partial charge in [-0.1, -0.05) is 32.9 Å². The van der Waals surface area contributed by atoms with Gasteiger partial charge in [-0.3, -0.25) is 4.79 Å². The van der Waals surface area contributed by atoms with Gasteiger partial charge >= 0.3 is 0 Å². The van der Waals surface area contributed by atoms with E-state index in [0.717, 1.165) is 36.3 Å². The van der Waals surface area contributed by atoms with Crippen LogP contribution in [0, 0.1) is 11.3 Å². The monoisotopic (exact) mass is 204 g/mol. The summed E-state index contributed by atoms with van der Waals surface area (Å²) in [7, 11) is 0. The van der Waals surface area contributed by atoms with Crippen LogP contribution < -0.4 is 0 Å². The van der Waals surface area contributed by atoms with Gasteiger partial charge in [-0.2, -0.15) is 0 Å². The van der Waals surface area contributed by atoms with Gasteiger partial charge in [0.15, 0.2) is 5.78 Å². The highest BCUT2D eigenvalue weighted by atomic mass is 16.1. The van der Waals surface area contributed by atoms with Gasteiger partial charge in [0.2, 0.25) is 0 Å². The molecule has 0 aromatic carbocycles. The molecule has 0 fully saturated rings. The Morgan fingerprint density at radius 2 is 2.00 bits per heavy atom. The maximum atomic E-state index is 11.7. The molecule has 0 aromatic rings. The number of hydrogen-bond donors (Lipinski definition) is 0. The van der Waals surface area contributed by atoms with E-state index in [4.69, 9.17) is 0 Å². The Bertz CT molecular complexity index is 352. The summed E-state index contributed by atoms with van der Waals surface area (Å²) >= 11 is 0. The zero-order valence-corrected chi connectivity index (χ0v) is 10.0. The highest BCUT2D eigenvalue weighted by Gasteiger charge is 2.35. The van der Waals surface area contributed by atoms with Gasteiger partial charge in [0.25, 0.3) is 0 Å². The van der Waals surface area contributed by atoms with E-state index in [1.54, 1.807) is 0 Å². The van der Waals surface area contributed by atoms with Crippen molar-refractivity contribution in [2.45, 2.75) is 46.5 Å². The number of rotatable bonds is 0. The molecule has 0 aromatic heterocycles. The third-order valence-electron chi connectivity index (χ3n) is 3.91. The fourth-order valence-electron chi connectivity index (χ4n) is 2.76. The molecule has 15 heavy (non-hydrogen) atoms. The lowest BCUT2D eigenvalue weighted by atomic mass is 9.71. The summed E-state index contributed by atoms with van der Waals surface area (Å²) in [6.45, 7) is 10.8. The number of carbonyl (C=O) groups is 1. The average Bonchev–Trinajstić information content (AvgIpc) is 2.41. The lowest BCUT2D eigenvalue weighted by molar-refractivity contribution is -0.112. The summed E-state index contributed by atoms with van der Waals surface area (Å²) in [5.74, 6) is 0.979. The smallest absolute Gasteiger partial charge is 0.184 e. The minimum Gasteiger partial charge on any atom is -0.289 e. The molecule has 0 aliphatic heterocycles. The minimum atomic E-state index is 0.248. The van der Waals surface area contributed by atoms with Gasteiger partial charge < -0.3 is 0 Å². The van der Waals surface area contributed by atoms with Crippen LogP contribution in [0.4, 0.5) is 0 Å². The summed E-state index contributed by atoms with van der Waals surface area (Å²) in [5.41, 5.74) is 3.66. The molecule has 1 nitrogen and oxygen atoms in total. The van der Waals surface area contributed by atoms with Crippen LogP contribution in [0.2, 0.25) is 0 Å². The molecule has 0 saturated carbocycles. The summed E-state index contributed by atoms with van der Waals surface area (Å²) in [5, 5.41) is 0. The third-order valence-corrected chi connectivity index (χ3v) is 3.91. The SMILES string of the molecule is C=C1CC2=C(CCC(C(C)(C)C)C2)C1=O. The lowest BCUT2D eigenvalue weighted by Gasteiger charge is -2.34. The van der Waals surface area contributed by atoms with Crippen molar-refractivity contribution in [3.63, 3.8) is 0 Å². The second kappa shape index (κ2) is 3.33. The van der Waals surface area contributed by atoms with Gasteiger partial charge in [-0.15, -0.1) is 0 Å². The van der Waals surface area contributed by atoms with E-state index in [1.807, 2.05) is 0 Å². The lowest BCUT2D eigenvalue weighted by Crippen LogP contribution is -2.24. The van der Waals surface area contributed by atoms with Crippen molar-refractivity contribution in [1.82, 2.24) is 0 Å². The van der Waals surface area contributed by atoms with Crippen LogP contribution >= 0.6 is 0 Å². The van der Waals surface area contributed by atoms with E-state index >= 15 is 0 Å². The molecule has 0 spiro atoms. The van der Waals surface area contributed by atoms with Crippen LogP contribution in [0.1, 0.15) is 46.5 Å². The Morgan fingerprint density at radius 1 is 1.33 bits per heavy atom. The van der Waals surface area contributed by atoms with Crippen LogP contribution in [0.15, 0.2) is 23.3 Å². The summed E-state index contributed by atoms with van der Waals surface area (Å²) < 4.78 is 0. The first-order valence-corrected chi connectivity index (χ1v) is 5.83. The molecule has 1 heteroatoms. The van der Waals surface area contributed by atoms with Gasteiger partial charge in [0, 0.05) is 0 Å². The topological polar surface area (TPSA) is 17.1 Å². The molecule has 0 N–H and O–H groups in total. The first kappa shape index (κ1) is 10.7. The van der Waals surface area contributed by atoms with E-state index in [2.05, 4.69) is 27.4 Å². The highest BCUT2D eigenvalue weighted by Crippen LogP contribution is 2.45. The number of ketones is 1. The maximum absolute atomic E-state index is 11.7. The van der Waals surface area contributed by atoms with E-state index in [0.29, 0.717) is 5.41 Å². The first-order valence-electron chi connectivity index (χ1n) is 5.83. The molecule has 0 heterocycles. The molecule has 0 radical (unpaired) electrons. The molecule has 1 unspecified atom stereocenters. The summed E-state index contributed by atoms with van der Waals surface area (Å²) in [6, 6.07) is 0. The van der Waals surface area contributed by atoms with Crippen molar-refractivity contribution in [2.75, 3.05) is 0 Å². The van der Waals surface area contributed by atoms with Crippen molar-refractivity contribution in [1.29, 1.82) is 0 Å². The predicted octanol–water partition coefficient (Wildman–Crippen LogP) is 3.66. The molecule has 0 amide bonds.